The van der Waals surface area contributed by atoms with E-state index in [-0.39, 0.29) is 17.1 Å². The number of rotatable bonds is 5. The fraction of sp³-hybridized carbons (Fsp3) is 0.364. The Bertz CT molecular complexity index is 459. The van der Waals surface area contributed by atoms with Crippen LogP contribution in [0.1, 0.15) is 22.8 Å². The molecule has 0 aliphatic rings. The molecular formula is C11H14O4S. The van der Waals surface area contributed by atoms with Crippen molar-refractivity contribution in [3.63, 3.8) is 0 Å². The Morgan fingerprint density at radius 2 is 1.81 bits per heavy atom. The van der Waals surface area contributed by atoms with Gasteiger partial charge in [-0.25, -0.2) is 13.2 Å². The van der Waals surface area contributed by atoms with Crippen molar-refractivity contribution in [3.05, 3.63) is 35.4 Å². The van der Waals surface area contributed by atoms with E-state index in [0.29, 0.717) is 6.42 Å². The number of hydrogen-bond donors (Lipinski definition) is 1. The van der Waals surface area contributed by atoms with Crippen LogP contribution in [0.25, 0.3) is 0 Å². The minimum Gasteiger partial charge on any atom is -0.478 e. The van der Waals surface area contributed by atoms with Crippen molar-refractivity contribution in [3.8, 4) is 0 Å². The first-order chi connectivity index (χ1) is 7.44. The van der Waals surface area contributed by atoms with Gasteiger partial charge in [0.05, 0.1) is 11.3 Å². The lowest BCUT2D eigenvalue weighted by atomic mass is 10.1. The van der Waals surface area contributed by atoms with Crippen molar-refractivity contribution in [2.75, 3.05) is 11.5 Å². The molecule has 0 atom stereocenters. The molecule has 1 N–H and O–H groups in total. The fourth-order valence-electron chi connectivity index (χ4n) is 1.23. The molecule has 0 fully saturated rings. The molecule has 1 rings (SSSR count). The lowest BCUT2D eigenvalue weighted by Crippen LogP contribution is -2.10. The van der Waals surface area contributed by atoms with Crippen LogP contribution in [0.3, 0.4) is 0 Å². The Morgan fingerprint density at radius 1 is 1.25 bits per heavy atom. The largest absolute Gasteiger partial charge is 0.478 e. The van der Waals surface area contributed by atoms with Crippen LogP contribution >= 0.6 is 0 Å². The third-order valence-corrected chi connectivity index (χ3v) is 4.05. The Hall–Kier alpha value is -1.36. The van der Waals surface area contributed by atoms with Crippen LogP contribution in [0.5, 0.6) is 0 Å². The molecule has 0 spiro atoms. The second kappa shape index (κ2) is 5.12. The van der Waals surface area contributed by atoms with Gasteiger partial charge in [-0.15, -0.1) is 0 Å². The van der Waals surface area contributed by atoms with E-state index >= 15 is 0 Å². The summed E-state index contributed by atoms with van der Waals surface area (Å²) in [5, 5.41) is 8.68. The molecule has 0 amide bonds. The van der Waals surface area contributed by atoms with Gasteiger partial charge in [-0.05, 0) is 24.1 Å². The minimum absolute atomic E-state index is 0.107. The van der Waals surface area contributed by atoms with Crippen molar-refractivity contribution in [2.45, 2.75) is 13.3 Å². The van der Waals surface area contributed by atoms with Gasteiger partial charge in [0.15, 0.2) is 0 Å². The molecule has 0 unspecified atom stereocenters. The van der Waals surface area contributed by atoms with Crippen molar-refractivity contribution in [1.29, 1.82) is 0 Å². The maximum absolute atomic E-state index is 11.3. The molecule has 1 aromatic carbocycles. The molecule has 16 heavy (non-hydrogen) atoms. The first kappa shape index (κ1) is 12.7. The molecule has 4 nitrogen and oxygen atoms in total. The Labute approximate surface area is 94.8 Å². The van der Waals surface area contributed by atoms with Crippen LogP contribution < -0.4 is 0 Å². The maximum atomic E-state index is 11.3. The van der Waals surface area contributed by atoms with Crippen LogP contribution in [0.15, 0.2) is 24.3 Å². The molecule has 0 aliphatic carbocycles. The van der Waals surface area contributed by atoms with Crippen LogP contribution in [-0.4, -0.2) is 31.0 Å². The summed E-state index contributed by atoms with van der Waals surface area (Å²) in [5.41, 5.74) is 1.05. The van der Waals surface area contributed by atoms with Gasteiger partial charge >= 0.3 is 5.97 Å². The zero-order valence-corrected chi connectivity index (χ0v) is 9.83. The van der Waals surface area contributed by atoms with E-state index in [4.69, 9.17) is 5.11 Å². The Morgan fingerprint density at radius 3 is 2.25 bits per heavy atom. The first-order valence-electron chi connectivity index (χ1n) is 4.97. The zero-order valence-electron chi connectivity index (χ0n) is 9.01. The van der Waals surface area contributed by atoms with E-state index < -0.39 is 15.8 Å². The van der Waals surface area contributed by atoms with Gasteiger partial charge < -0.3 is 5.11 Å². The van der Waals surface area contributed by atoms with Gasteiger partial charge in [0.1, 0.15) is 9.84 Å². The van der Waals surface area contributed by atoms with E-state index in [1.54, 1.807) is 19.1 Å². The first-order valence-corrected chi connectivity index (χ1v) is 6.79. The van der Waals surface area contributed by atoms with Crippen LogP contribution in [0.4, 0.5) is 0 Å². The Kier molecular flexibility index (Phi) is 4.06. The van der Waals surface area contributed by atoms with Gasteiger partial charge in [0.2, 0.25) is 0 Å². The third kappa shape index (κ3) is 3.66. The Balaban J connectivity index is 2.66. The lowest BCUT2D eigenvalue weighted by molar-refractivity contribution is 0.0697. The average molecular weight is 242 g/mol. The highest BCUT2D eigenvalue weighted by atomic mass is 32.2. The van der Waals surface area contributed by atoms with Crippen molar-refractivity contribution >= 4 is 15.8 Å². The monoisotopic (exact) mass is 242 g/mol. The summed E-state index contributed by atoms with van der Waals surface area (Å²) in [6.07, 6.45) is 0.427. The summed E-state index contributed by atoms with van der Waals surface area (Å²) < 4.78 is 22.5. The van der Waals surface area contributed by atoms with Gasteiger partial charge in [0, 0.05) is 5.75 Å². The molecule has 0 radical (unpaired) electrons. The van der Waals surface area contributed by atoms with E-state index in [1.165, 1.54) is 12.1 Å². The number of aromatic carboxylic acids is 1. The molecule has 1 aromatic rings. The van der Waals surface area contributed by atoms with Crippen LogP contribution in [0.2, 0.25) is 0 Å². The SMILES string of the molecule is CCS(=O)(=O)CCc1ccc(C(=O)O)cc1. The lowest BCUT2D eigenvalue weighted by Gasteiger charge is -2.02. The predicted octanol–water partition coefficient (Wildman–Crippen LogP) is 1.36. The number of aryl methyl sites for hydroxylation is 1. The van der Waals surface area contributed by atoms with E-state index in [9.17, 15) is 13.2 Å². The van der Waals surface area contributed by atoms with Crippen LogP contribution in [-0.2, 0) is 16.3 Å². The highest BCUT2D eigenvalue weighted by molar-refractivity contribution is 7.91. The summed E-state index contributed by atoms with van der Waals surface area (Å²) in [5.74, 6) is -0.733. The summed E-state index contributed by atoms with van der Waals surface area (Å²) >= 11 is 0. The van der Waals surface area contributed by atoms with Gasteiger partial charge in [-0.3, -0.25) is 0 Å². The van der Waals surface area contributed by atoms with Gasteiger partial charge in [0.25, 0.3) is 0 Å². The molecule has 0 aliphatic heterocycles. The highest BCUT2D eigenvalue weighted by Gasteiger charge is 2.08. The maximum Gasteiger partial charge on any atom is 0.335 e. The molecular weight excluding hydrogens is 228 g/mol. The third-order valence-electron chi connectivity index (χ3n) is 2.34. The summed E-state index contributed by atoms with van der Waals surface area (Å²) in [6, 6.07) is 6.26. The standard InChI is InChI=1S/C11H14O4S/c1-2-16(14,15)8-7-9-3-5-10(6-4-9)11(12)13/h3-6H,2,7-8H2,1H3,(H,12,13). The number of hydrogen-bond acceptors (Lipinski definition) is 3. The summed E-state index contributed by atoms with van der Waals surface area (Å²) in [7, 11) is -2.96. The highest BCUT2D eigenvalue weighted by Crippen LogP contribution is 2.06. The summed E-state index contributed by atoms with van der Waals surface area (Å²) in [6.45, 7) is 1.61. The normalized spacial score (nSPS) is 11.3. The zero-order chi connectivity index (χ0) is 12.2. The second-order valence-electron chi connectivity index (χ2n) is 3.49. The number of carboxylic acids is 1. The smallest absolute Gasteiger partial charge is 0.335 e. The van der Waals surface area contributed by atoms with Gasteiger partial charge in [-0.1, -0.05) is 19.1 Å². The quantitative estimate of drug-likeness (QED) is 0.846. The fourth-order valence-corrected chi connectivity index (χ4v) is 2.07. The average Bonchev–Trinajstić information content (AvgIpc) is 2.27. The molecule has 0 saturated heterocycles. The summed E-state index contributed by atoms with van der Waals surface area (Å²) in [4.78, 5) is 10.6. The van der Waals surface area contributed by atoms with E-state index in [1.807, 2.05) is 0 Å². The number of sulfone groups is 1. The molecule has 0 heterocycles. The van der Waals surface area contributed by atoms with Crippen molar-refractivity contribution in [2.24, 2.45) is 0 Å². The van der Waals surface area contributed by atoms with Crippen LogP contribution in [0, 0.1) is 0 Å². The van der Waals surface area contributed by atoms with Gasteiger partial charge in [-0.2, -0.15) is 0 Å². The van der Waals surface area contributed by atoms with Crippen molar-refractivity contribution < 1.29 is 18.3 Å². The molecule has 5 heteroatoms. The topological polar surface area (TPSA) is 71.4 Å². The predicted molar refractivity (Wildman–Crippen MR) is 61.4 cm³/mol. The molecule has 88 valence electrons. The number of carbonyl (C=O) groups is 1. The second-order valence-corrected chi connectivity index (χ2v) is 5.96. The van der Waals surface area contributed by atoms with E-state index in [2.05, 4.69) is 0 Å². The van der Waals surface area contributed by atoms with E-state index in [0.717, 1.165) is 5.56 Å². The van der Waals surface area contributed by atoms with Crippen molar-refractivity contribution in [1.82, 2.24) is 0 Å². The molecule has 0 aromatic heterocycles. The minimum atomic E-state index is -2.96. The molecule has 0 bridgehead atoms. The number of carboxylic acid groups (broad SMARTS) is 1. The molecule has 0 saturated carbocycles. The number of benzene rings is 1.